The highest BCUT2D eigenvalue weighted by atomic mass is 32.2. The van der Waals surface area contributed by atoms with Gasteiger partial charge in [-0.2, -0.15) is 0 Å². The van der Waals surface area contributed by atoms with Gasteiger partial charge in [-0.15, -0.1) is 0 Å². The average molecular weight is 329 g/mol. The highest BCUT2D eigenvalue weighted by molar-refractivity contribution is 7.89. The van der Waals surface area contributed by atoms with Gasteiger partial charge >= 0.3 is 11.9 Å². The molecule has 0 atom stereocenters. The van der Waals surface area contributed by atoms with Gasteiger partial charge in [0.25, 0.3) is 0 Å². The highest BCUT2D eigenvalue weighted by Crippen LogP contribution is 2.15. The quantitative estimate of drug-likeness (QED) is 0.592. The van der Waals surface area contributed by atoms with Crippen molar-refractivity contribution >= 4 is 22.0 Å². The minimum Gasteiger partial charge on any atom is -0.481 e. The maximum absolute atomic E-state index is 12.1. The lowest BCUT2D eigenvalue weighted by molar-refractivity contribution is -0.137. The SMILES string of the molecule is Cc1ccc(S(=O)(=O)NCCCCCC(=O)O)cc1C(=O)O. The molecule has 0 aliphatic heterocycles. The summed E-state index contributed by atoms with van der Waals surface area (Å²) in [6.45, 7) is 1.77. The van der Waals surface area contributed by atoms with Crippen LogP contribution in [0.25, 0.3) is 0 Å². The first-order chi connectivity index (χ1) is 10.2. The minimum absolute atomic E-state index is 0.0515. The van der Waals surface area contributed by atoms with Crippen LogP contribution in [0.4, 0.5) is 0 Å². The topological polar surface area (TPSA) is 121 Å². The zero-order chi connectivity index (χ0) is 16.8. The molecule has 0 unspecified atom stereocenters. The van der Waals surface area contributed by atoms with Crippen LogP contribution in [-0.4, -0.2) is 37.1 Å². The van der Waals surface area contributed by atoms with Crippen molar-refractivity contribution in [1.82, 2.24) is 4.72 Å². The van der Waals surface area contributed by atoms with Gasteiger partial charge in [0.2, 0.25) is 10.0 Å². The second-order valence-electron chi connectivity index (χ2n) is 4.88. The summed E-state index contributed by atoms with van der Waals surface area (Å²) >= 11 is 0. The lowest BCUT2D eigenvalue weighted by Crippen LogP contribution is -2.25. The summed E-state index contributed by atoms with van der Waals surface area (Å²) in [4.78, 5) is 21.3. The maximum atomic E-state index is 12.1. The summed E-state index contributed by atoms with van der Waals surface area (Å²) in [5, 5.41) is 17.5. The van der Waals surface area contributed by atoms with Crippen LogP contribution < -0.4 is 4.72 Å². The van der Waals surface area contributed by atoms with Crippen LogP contribution in [0.15, 0.2) is 23.1 Å². The van der Waals surface area contributed by atoms with E-state index in [2.05, 4.69) is 4.72 Å². The molecule has 3 N–H and O–H groups in total. The van der Waals surface area contributed by atoms with E-state index in [0.717, 1.165) is 6.07 Å². The summed E-state index contributed by atoms with van der Waals surface area (Å²) in [5.41, 5.74) is 0.435. The standard InChI is InChI=1S/C14H19NO6S/c1-10-6-7-11(9-12(10)14(18)19)22(20,21)15-8-4-2-3-5-13(16)17/h6-7,9,15H,2-5,8H2,1H3,(H,16,17)(H,18,19). The lowest BCUT2D eigenvalue weighted by atomic mass is 10.1. The first kappa shape index (κ1) is 18.1. The van der Waals surface area contributed by atoms with Gasteiger partial charge in [0.05, 0.1) is 10.5 Å². The van der Waals surface area contributed by atoms with Gasteiger partial charge in [0.1, 0.15) is 0 Å². The van der Waals surface area contributed by atoms with E-state index >= 15 is 0 Å². The zero-order valence-electron chi connectivity index (χ0n) is 12.2. The fraction of sp³-hybridized carbons (Fsp3) is 0.429. The number of hydrogen-bond acceptors (Lipinski definition) is 4. The van der Waals surface area contributed by atoms with Crippen molar-refractivity contribution in [3.63, 3.8) is 0 Å². The van der Waals surface area contributed by atoms with Gasteiger partial charge in [-0.1, -0.05) is 12.5 Å². The Bertz CT molecular complexity index is 653. The molecule has 1 aromatic carbocycles. The molecule has 1 rings (SSSR count). The summed E-state index contributed by atoms with van der Waals surface area (Å²) in [5.74, 6) is -2.05. The second-order valence-corrected chi connectivity index (χ2v) is 6.65. The Morgan fingerprint density at radius 2 is 1.82 bits per heavy atom. The number of aryl methyl sites for hydroxylation is 1. The van der Waals surface area contributed by atoms with E-state index in [9.17, 15) is 18.0 Å². The first-order valence-electron chi connectivity index (χ1n) is 6.79. The molecule has 0 heterocycles. The predicted octanol–water partition coefficient (Wildman–Crippen LogP) is 1.62. The average Bonchev–Trinajstić information content (AvgIpc) is 2.42. The Morgan fingerprint density at radius 3 is 2.41 bits per heavy atom. The summed E-state index contributed by atoms with van der Waals surface area (Å²) in [6, 6.07) is 3.93. The molecule has 22 heavy (non-hydrogen) atoms. The van der Waals surface area contributed by atoms with Crippen LogP contribution in [0.5, 0.6) is 0 Å². The predicted molar refractivity (Wildman–Crippen MR) is 79.4 cm³/mol. The molecule has 0 radical (unpaired) electrons. The molecule has 0 fully saturated rings. The number of carboxylic acid groups (broad SMARTS) is 2. The van der Waals surface area contributed by atoms with Crippen molar-refractivity contribution in [2.45, 2.75) is 37.5 Å². The van der Waals surface area contributed by atoms with E-state index in [0.29, 0.717) is 24.8 Å². The number of aliphatic carboxylic acids is 1. The maximum Gasteiger partial charge on any atom is 0.335 e. The van der Waals surface area contributed by atoms with Crippen LogP contribution in [0.2, 0.25) is 0 Å². The third-order valence-electron chi connectivity index (χ3n) is 3.11. The fourth-order valence-electron chi connectivity index (χ4n) is 1.87. The van der Waals surface area contributed by atoms with Gasteiger partial charge in [0.15, 0.2) is 0 Å². The second kappa shape index (κ2) is 7.90. The monoisotopic (exact) mass is 329 g/mol. The molecule has 0 amide bonds. The van der Waals surface area contributed by atoms with Crippen molar-refractivity contribution in [2.24, 2.45) is 0 Å². The van der Waals surface area contributed by atoms with Gasteiger partial charge in [0, 0.05) is 13.0 Å². The number of aromatic carboxylic acids is 1. The van der Waals surface area contributed by atoms with Crippen molar-refractivity contribution in [1.29, 1.82) is 0 Å². The molecule has 122 valence electrons. The van der Waals surface area contributed by atoms with Crippen molar-refractivity contribution in [3.05, 3.63) is 29.3 Å². The normalized spacial score (nSPS) is 11.3. The molecule has 0 saturated heterocycles. The number of hydrogen-bond donors (Lipinski definition) is 3. The summed E-state index contributed by atoms with van der Waals surface area (Å²) in [6.07, 6.45) is 1.67. The molecule has 0 saturated carbocycles. The van der Waals surface area contributed by atoms with E-state index in [4.69, 9.17) is 10.2 Å². The highest BCUT2D eigenvalue weighted by Gasteiger charge is 2.17. The molecule has 0 bridgehead atoms. The van der Waals surface area contributed by atoms with E-state index in [-0.39, 0.29) is 23.4 Å². The van der Waals surface area contributed by atoms with Crippen molar-refractivity contribution in [3.8, 4) is 0 Å². The van der Waals surface area contributed by atoms with Gasteiger partial charge in [-0.05, 0) is 37.5 Å². The molecule has 7 nitrogen and oxygen atoms in total. The molecule has 0 aromatic heterocycles. The Hall–Kier alpha value is -1.93. The van der Waals surface area contributed by atoms with E-state index in [1.165, 1.54) is 12.1 Å². The van der Waals surface area contributed by atoms with E-state index in [1.54, 1.807) is 6.92 Å². The van der Waals surface area contributed by atoms with Crippen LogP contribution in [0, 0.1) is 6.92 Å². The van der Waals surface area contributed by atoms with Crippen LogP contribution >= 0.6 is 0 Å². The third-order valence-corrected chi connectivity index (χ3v) is 4.57. The Morgan fingerprint density at radius 1 is 1.14 bits per heavy atom. The number of carboxylic acids is 2. The van der Waals surface area contributed by atoms with E-state index < -0.39 is 22.0 Å². The first-order valence-corrected chi connectivity index (χ1v) is 8.28. The summed E-state index contributed by atoms with van der Waals surface area (Å²) in [7, 11) is -3.77. The molecular weight excluding hydrogens is 310 g/mol. The Balaban J connectivity index is 2.61. The fourth-order valence-corrected chi connectivity index (χ4v) is 2.97. The lowest BCUT2D eigenvalue weighted by Gasteiger charge is -2.08. The number of sulfonamides is 1. The number of unbranched alkanes of at least 4 members (excludes halogenated alkanes) is 2. The van der Waals surface area contributed by atoms with Gasteiger partial charge in [-0.3, -0.25) is 4.79 Å². The molecule has 0 aliphatic rings. The Kier molecular flexibility index (Phi) is 6.51. The zero-order valence-corrected chi connectivity index (χ0v) is 13.0. The Labute approximate surface area is 129 Å². The third kappa shape index (κ3) is 5.45. The largest absolute Gasteiger partial charge is 0.481 e. The van der Waals surface area contributed by atoms with E-state index in [1.807, 2.05) is 0 Å². The number of nitrogens with one attached hydrogen (secondary N) is 1. The van der Waals surface area contributed by atoms with Crippen LogP contribution in [-0.2, 0) is 14.8 Å². The minimum atomic E-state index is -3.77. The van der Waals surface area contributed by atoms with Crippen LogP contribution in [0.3, 0.4) is 0 Å². The molecule has 8 heteroatoms. The smallest absolute Gasteiger partial charge is 0.335 e. The molecule has 1 aromatic rings. The van der Waals surface area contributed by atoms with Crippen molar-refractivity contribution in [2.75, 3.05) is 6.54 Å². The van der Waals surface area contributed by atoms with Gasteiger partial charge < -0.3 is 10.2 Å². The molecule has 0 aliphatic carbocycles. The van der Waals surface area contributed by atoms with Gasteiger partial charge in [-0.25, -0.2) is 17.9 Å². The molecular formula is C14H19NO6S. The number of rotatable bonds is 9. The summed E-state index contributed by atoms with van der Waals surface area (Å²) < 4.78 is 26.5. The van der Waals surface area contributed by atoms with Crippen LogP contribution in [0.1, 0.15) is 41.6 Å². The molecule has 0 spiro atoms. The number of benzene rings is 1. The van der Waals surface area contributed by atoms with Crippen molar-refractivity contribution < 1.29 is 28.2 Å². The number of carbonyl (C=O) groups is 2.